The second-order valence-electron chi connectivity index (χ2n) is 3.76. The summed E-state index contributed by atoms with van der Waals surface area (Å²) in [6.45, 7) is 0. The first kappa shape index (κ1) is 14.5. The number of benzene rings is 1. The van der Waals surface area contributed by atoms with Crippen LogP contribution < -0.4 is 5.73 Å². The Balaban J connectivity index is 2.64. The summed E-state index contributed by atoms with van der Waals surface area (Å²) in [7, 11) is 0. The molecule has 0 aliphatic carbocycles. The van der Waals surface area contributed by atoms with E-state index in [2.05, 4.69) is 5.10 Å². The maximum Gasteiger partial charge on any atom is 0.416 e. The lowest BCUT2D eigenvalue weighted by Crippen LogP contribution is -2.08. The Morgan fingerprint density at radius 2 is 1.75 bits per heavy atom. The summed E-state index contributed by atoms with van der Waals surface area (Å²) in [5.74, 6) is 0.0325. The number of anilines is 1. The predicted octanol–water partition coefficient (Wildman–Crippen LogP) is 3.65. The molecule has 0 atom stereocenters. The van der Waals surface area contributed by atoms with E-state index in [1.54, 1.807) is 6.07 Å². The minimum Gasteiger partial charge on any atom is -0.384 e. The lowest BCUT2D eigenvalue weighted by atomic mass is 10.2. The molecule has 0 aliphatic heterocycles. The molecule has 0 spiro atoms. The van der Waals surface area contributed by atoms with E-state index in [4.69, 9.17) is 34.2 Å². The zero-order valence-electron chi connectivity index (χ0n) is 9.54. The van der Waals surface area contributed by atoms with Gasteiger partial charge in [-0.05, 0) is 12.1 Å². The fourth-order valence-corrected chi connectivity index (χ4v) is 2.21. The van der Waals surface area contributed by atoms with Crippen LogP contribution in [0, 0.1) is 11.3 Å². The van der Waals surface area contributed by atoms with Crippen molar-refractivity contribution in [3.05, 3.63) is 39.5 Å². The first-order chi connectivity index (χ1) is 9.24. The summed E-state index contributed by atoms with van der Waals surface area (Å²) in [6, 6.07) is 4.45. The molecule has 0 aliphatic rings. The van der Waals surface area contributed by atoms with Crippen LogP contribution in [0.1, 0.15) is 11.3 Å². The molecule has 2 N–H and O–H groups in total. The van der Waals surface area contributed by atoms with Gasteiger partial charge in [0.25, 0.3) is 0 Å². The third-order valence-electron chi connectivity index (χ3n) is 2.41. The normalized spacial score (nSPS) is 11.4. The Kier molecular flexibility index (Phi) is 3.54. The molecule has 0 bridgehead atoms. The van der Waals surface area contributed by atoms with Crippen LogP contribution in [-0.4, -0.2) is 9.78 Å². The van der Waals surface area contributed by atoms with Crippen LogP contribution in [0.2, 0.25) is 10.0 Å². The predicted molar refractivity (Wildman–Crippen MR) is 67.7 cm³/mol. The van der Waals surface area contributed by atoms with Gasteiger partial charge in [0.2, 0.25) is 0 Å². The van der Waals surface area contributed by atoms with Crippen LogP contribution in [0.15, 0.2) is 18.2 Å². The van der Waals surface area contributed by atoms with Gasteiger partial charge in [0.15, 0.2) is 5.69 Å². The topological polar surface area (TPSA) is 67.6 Å². The largest absolute Gasteiger partial charge is 0.416 e. The van der Waals surface area contributed by atoms with Crippen LogP contribution in [-0.2, 0) is 6.18 Å². The Labute approximate surface area is 121 Å². The Morgan fingerprint density at radius 3 is 2.15 bits per heavy atom. The minimum absolute atomic E-state index is 0.00506. The number of halogens is 5. The number of nitrogens with zero attached hydrogens (tertiary/aromatic N) is 3. The van der Waals surface area contributed by atoms with E-state index < -0.39 is 11.7 Å². The molecule has 0 radical (unpaired) electrons. The molecule has 2 aromatic rings. The van der Waals surface area contributed by atoms with Gasteiger partial charge in [0, 0.05) is 6.07 Å². The average Bonchev–Trinajstić information content (AvgIpc) is 2.69. The standard InChI is InChI=1S/C11H5Cl2F3N4/c12-7-1-5(11(14,15)16)2-8(13)10(7)20-9(18)3-6(4-17)19-20/h1-3H,18H2/i3+1,4+1,6+1,9+1,17+1,18+1. The van der Waals surface area contributed by atoms with Crippen molar-refractivity contribution in [2.24, 2.45) is 0 Å². The summed E-state index contributed by atoms with van der Waals surface area (Å²) in [5, 5.41) is 12.0. The van der Waals surface area contributed by atoms with Crippen LogP contribution in [0.4, 0.5) is 19.0 Å². The second-order valence-corrected chi connectivity index (χ2v) is 4.58. The van der Waals surface area contributed by atoms with Crippen LogP contribution >= 0.6 is 23.2 Å². The number of rotatable bonds is 1. The highest BCUT2D eigenvalue weighted by atomic mass is 35.5. The van der Waals surface area contributed by atoms with E-state index in [1.807, 2.05) is 0 Å². The fourth-order valence-electron chi connectivity index (χ4n) is 1.56. The monoisotopic (exact) mass is 326 g/mol. The van der Waals surface area contributed by atoms with Gasteiger partial charge in [-0.3, -0.25) is 0 Å². The zero-order valence-corrected chi connectivity index (χ0v) is 11.1. The Morgan fingerprint density at radius 1 is 1.20 bits per heavy atom. The molecule has 0 amide bonds. The van der Waals surface area contributed by atoms with Crippen molar-refractivity contribution in [3.63, 3.8) is 0 Å². The molecular formula is C11H5Cl2F3N4. The number of nitriles is 1. The molecule has 1 aromatic carbocycles. The van der Waals surface area contributed by atoms with E-state index in [0.717, 1.165) is 16.8 Å². The zero-order chi connectivity index (χ0) is 15.1. The number of alkyl halides is 3. The lowest BCUT2D eigenvalue weighted by molar-refractivity contribution is -0.137. The lowest BCUT2D eigenvalue weighted by Gasteiger charge is -2.13. The van der Waals surface area contributed by atoms with Crippen molar-refractivity contribution in [1.82, 2.24) is 9.78 Å². The van der Waals surface area contributed by atoms with Crippen LogP contribution in [0.25, 0.3) is 5.69 Å². The number of aromatic nitrogens is 2. The molecule has 0 saturated heterocycles. The summed E-state index contributed by atoms with van der Waals surface area (Å²) < 4.78 is 38.9. The molecule has 0 unspecified atom stereocenters. The first-order valence-corrected chi connectivity index (χ1v) is 5.82. The van der Waals surface area contributed by atoms with Crippen LogP contribution in [0.3, 0.4) is 0 Å². The summed E-state index contributed by atoms with van der Waals surface area (Å²) in [4.78, 5) is 0. The molecule has 2 rings (SSSR count). The Bertz CT molecular complexity index is 692. The van der Waals surface area contributed by atoms with Gasteiger partial charge < -0.3 is 5.73 Å². The fraction of sp³-hybridized carbons (Fsp3) is 0.0909. The van der Waals surface area contributed by atoms with Crippen molar-refractivity contribution in [2.75, 3.05) is 5.73 Å². The maximum absolute atomic E-state index is 12.6. The number of nitrogen functional groups attached to an aromatic ring is 1. The van der Waals surface area contributed by atoms with Gasteiger partial charge in [-0.2, -0.15) is 23.5 Å². The molecule has 4 nitrogen and oxygen atoms in total. The highest BCUT2D eigenvalue weighted by Gasteiger charge is 2.32. The molecule has 0 saturated carbocycles. The number of hydrogen-bond acceptors (Lipinski definition) is 3. The number of hydrogen-bond donors (Lipinski definition) is 1. The van der Waals surface area contributed by atoms with Crippen LogP contribution in [0.5, 0.6) is 0 Å². The smallest absolute Gasteiger partial charge is 0.384 e. The number of nitrogens with two attached hydrogens (primary N) is 1. The van der Waals surface area contributed by atoms with E-state index >= 15 is 0 Å². The molecule has 104 valence electrons. The van der Waals surface area contributed by atoms with E-state index in [9.17, 15) is 13.2 Å². The van der Waals surface area contributed by atoms with Gasteiger partial charge in [0.05, 0.1) is 15.6 Å². The third kappa shape index (κ3) is 2.53. The van der Waals surface area contributed by atoms with Gasteiger partial charge in [-0.25, -0.2) is 4.68 Å². The molecule has 1 heterocycles. The average molecular weight is 327 g/mol. The molecule has 1 aromatic heterocycles. The molecule has 9 heteroatoms. The Hall–Kier alpha value is -1.91. The van der Waals surface area contributed by atoms with E-state index in [1.165, 1.54) is 6.07 Å². The third-order valence-corrected chi connectivity index (χ3v) is 2.98. The van der Waals surface area contributed by atoms with E-state index in [-0.39, 0.29) is 27.2 Å². The molecule has 0 fully saturated rings. The summed E-state index contributed by atoms with van der Waals surface area (Å²) in [6.07, 6.45) is -4.57. The second kappa shape index (κ2) is 4.89. The van der Waals surface area contributed by atoms with Crippen molar-refractivity contribution >= 4 is 29.0 Å². The summed E-state index contributed by atoms with van der Waals surface area (Å²) >= 11 is 11.6. The SMILES string of the molecule is [15N]#[13C][13c]1[13cH][13c]([15NH2])n(-c2c(Cl)cc(C(F)(F)F)cc2Cl)n1. The van der Waals surface area contributed by atoms with Crippen molar-refractivity contribution < 1.29 is 13.2 Å². The van der Waals surface area contributed by atoms with E-state index in [0.29, 0.717) is 0 Å². The van der Waals surface area contributed by atoms with Crippen molar-refractivity contribution in [3.8, 4) is 11.8 Å². The summed E-state index contributed by atoms with van der Waals surface area (Å²) in [5.41, 5.74) is 4.62. The highest BCUT2D eigenvalue weighted by molar-refractivity contribution is 6.37. The van der Waals surface area contributed by atoms with Crippen molar-refractivity contribution in [2.45, 2.75) is 6.18 Å². The molecular weight excluding hydrogens is 322 g/mol. The van der Waals surface area contributed by atoms with Gasteiger partial charge in [0.1, 0.15) is 17.6 Å². The van der Waals surface area contributed by atoms with Gasteiger partial charge >= 0.3 is 6.18 Å². The quantitative estimate of drug-likeness (QED) is 0.642. The first-order valence-electron chi connectivity index (χ1n) is 5.06. The van der Waals surface area contributed by atoms with Gasteiger partial charge in [-0.15, -0.1) is 0 Å². The highest BCUT2D eigenvalue weighted by Crippen LogP contribution is 2.37. The van der Waals surface area contributed by atoms with Crippen molar-refractivity contribution in [1.29, 1.82) is 5.26 Å². The minimum atomic E-state index is -4.57. The maximum atomic E-state index is 12.6. The molecule has 20 heavy (non-hydrogen) atoms. The van der Waals surface area contributed by atoms with Gasteiger partial charge in [-0.1, -0.05) is 23.2 Å².